The number of anilines is 1. The van der Waals surface area contributed by atoms with Gasteiger partial charge >= 0.3 is 12.2 Å². The first-order valence-corrected chi connectivity index (χ1v) is 10.8. The fraction of sp³-hybridized carbons (Fsp3) is 0.240. The minimum absolute atomic E-state index is 0.0835. The largest absolute Gasteiger partial charge is 0.439 e. The summed E-state index contributed by atoms with van der Waals surface area (Å²) < 4.78 is 43.7. The molecule has 1 aliphatic rings. The molecule has 9 heteroatoms. The number of hydrogen-bond donors (Lipinski definition) is 1. The van der Waals surface area contributed by atoms with E-state index in [4.69, 9.17) is 4.74 Å². The molecule has 2 amide bonds. The Hall–Kier alpha value is -3.88. The number of likely N-dealkylation sites (tertiary alicyclic amines) is 1. The second-order valence-corrected chi connectivity index (χ2v) is 8.00. The fourth-order valence-corrected chi connectivity index (χ4v) is 3.57. The van der Waals surface area contributed by atoms with Crippen molar-refractivity contribution in [2.24, 2.45) is 0 Å². The molecule has 1 aromatic carbocycles. The van der Waals surface area contributed by atoms with Gasteiger partial charge in [-0.2, -0.15) is 13.2 Å². The molecule has 1 fully saturated rings. The maximum Gasteiger partial charge on any atom is 0.417 e. The highest BCUT2D eigenvalue weighted by Gasteiger charge is 2.30. The summed E-state index contributed by atoms with van der Waals surface area (Å²) in [5.41, 5.74) is 2.30. The Labute approximate surface area is 195 Å². The Morgan fingerprint density at radius 2 is 1.88 bits per heavy atom. The summed E-state index contributed by atoms with van der Waals surface area (Å²) in [4.78, 5) is 22.2. The van der Waals surface area contributed by atoms with Crippen LogP contribution in [0, 0.1) is 6.92 Å². The predicted molar refractivity (Wildman–Crippen MR) is 123 cm³/mol. The number of urea groups is 1. The van der Waals surface area contributed by atoms with E-state index in [9.17, 15) is 18.0 Å². The lowest BCUT2D eigenvalue weighted by Crippen LogP contribution is -2.39. The number of carbonyl (C=O) groups excluding carboxylic acids is 1. The average molecular weight is 468 g/mol. The number of ether oxygens (including phenoxy) is 1. The van der Waals surface area contributed by atoms with Crippen molar-refractivity contribution in [3.05, 3.63) is 83.2 Å². The molecule has 176 valence electrons. The van der Waals surface area contributed by atoms with E-state index in [1.807, 2.05) is 37.3 Å². The summed E-state index contributed by atoms with van der Waals surface area (Å²) in [6.07, 6.45) is 1.49. The molecule has 2 aromatic heterocycles. The summed E-state index contributed by atoms with van der Waals surface area (Å²) in [5, 5.41) is 2.83. The number of nitrogens with zero attached hydrogens (tertiary/aromatic N) is 3. The molecule has 1 N–H and O–H groups in total. The number of aryl methyl sites for hydroxylation is 1. The Kier molecular flexibility index (Phi) is 6.81. The smallest absolute Gasteiger partial charge is 0.417 e. The number of alkyl halides is 3. The number of hydrogen-bond acceptors (Lipinski definition) is 4. The Morgan fingerprint density at radius 1 is 1.09 bits per heavy atom. The van der Waals surface area contributed by atoms with Crippen LogP contribution in [0.4, 0.5) is 23.8 Å². The zero-order valence-electron chi connectivity index (χ0n) is 18.5. The van der Waals surface area contributed by atoms with E-state index in [0.29, 0.717) is 24.7 Å². The molecule has 3 aromatic rings. The average Bonchev–Trinajstić information content (AvgIpc) is 2.79. The van der Waals surface area contributed by atoms with Crippen LogP contribution in [0.15, 0.2) is 66.5 Å². The molecule has 4 rings (SSSR count). The molecule has 6 nitrogen and oxygen atoms in total. The molecule has 1 saturated heterocycles. The van der Waals surface area contributed by atoms with Crippen LogP contribution in [-0.2, 0) is 6.18 Å². The topological polar surface area (TPSA) is 67.4 Å². The number of amides is 2. The SMILES string of the molecule is Cc1ccnc(NC(=O)N2CCC(=Cc3cccc(Oc4ccc(C(F)(F)F)cn4)c3)CC2)c1. The molecule has 3 heterocycles. The van der Waals surface area contributed by atoms with Crippen LogP contribution in [0.3, 0.4) is 0 Å². The molecule has 0 saturated carbocycles. The van der Waals surface area contributed by atoms with E-state index in [1.54, 1.807) is 23.2 Å². The number of carbonyl (C=O) groups is 1. The molecule has 0 aliphatic carbocycles. The highest BCUT2D eigenvalue weighted by Crippen LogP contribution is 2.30. The second kappa shape index (κ2) is 9.94. The van der Waals surface area contributed by atoms with Crippen molar-refractivity contribution in [1.82, 2.24) is 14.9 Å². The maximum atomic E-state index is 12.7. The quantitative estimate of drug-likeness (QED) is 0.487. The number of pyridine rings is 2. The van der Waals surface area contributed by atoms with Crippen LogP contribution in [0.5, 0.6) is 11.6 Å². The van der Waals surface area contributed by atoms with Crippen molar-refractivity contribution < 1.29 is 22.7 Å². The van der Waals surface area contributed by atoms with E-state index in [0.717, 1.165) is 36.2 Å². The summed E-state index contributed by atoms with van der Waals surface area (Å²) in [5.74, 6) is 1.09. The fourth-order valence-electron chi connectivity index (χ4n) is 3.57. The van der Waals surface area contributed by atoms with Gasteiger partial charge in [-0.3, -0.25) is 5.32 Å². The lowest BCUT2D eigenvalue weighted by molar-refractivity contribution is -0.137. The zero-order chi connectivity index (χ0) is 24.1. The van der Waals surface area contributed by atoms with Crippen molar-refractivity contribution in [1.29, 1.82) is 0 Å². The molecule has 0 unspecified atom stereocenters. The molecule has 0 spiro atoms. The summed E-state index contributed by atoms with van der Waals surface area (Å²) in [6.45, 7) is 3.12. The van der Waals surface area contributed by atoms with Gasteiger partial charge < -0.3 is 9.64 Å². The number of benzene rings is 1. The van der Waals surface area contributed by atoms with Gasteiger partial charge in [-0.15, -0.1) is 0 Å². The minimum Gasteiger partial charge on any atom is -0.439 e. The first-order valence-electron chi connectivity index (χ1n) is 10.8. The van der Waals surface area contributed by atoms with E-state index in [1.165, 1.54) is 11.6 Å². The van der Waals surface area contributed by atoms with Crippen molar-refractivity contribution in [3.63, 3.8) is 0 Å². The molecular formula is C25H23F3N4O2. The van der Waals surface area contributed by atoms with E-state index < -0.39 is 11.7 Å². The normalized spacial score (nSPS) is 14.0. The van der Waals surface area contributed by atoms with Gasteiger partial charge in [0.15, 0.2) is 0 Å². The molecule has 0 bridgehead atoms. The maximum absolute atomic E-state index is 12.7. The van der Waals surface area contributed by atoms with Gasteiger partial charge in [0.25, 0.3) is 0 Å². The minimum atomic E-state index is -4.44. The van der Waals surface area contributed by atoms with E-state index >= 15 is 0 Å². The Balaban J connectivity index is 1.34. The van der Waals surface area contributed by atoms with Gasteiger partial charge in [0.2, 0.25) is 5.88 Å². The van der Waals surface area contributed by atoms with E-state index in [-0.39, 0.29) is 11.9 Å². The number of aromatic nitrogens is 2. The summed E-state index contributed by atoms with van der Waals surface area (Å²) in [6, 6.07) is 12.9. The summed E-state index contributed by atoms with van der Waals surface area (Å²) in [7, 11) is 0. The zero-order valence-corrected chi connectivity index (χ0v) is 18.5. The van der Waals surface area contributed by atoms with Crippen LogP contribution in [0.1, 0.15) is 29.5 Å². The van der Waals surface area contributed by atoms with Crippen LogP contribution in [-0.4, -0.2) is 34.0 Å². The third-order valence-electron chi connectivity index (χ3n) is 5.36. The van der Waals surface area contributed by atoms with Crippen LogP contribution >= 0.6 is 0 Å². The van der Waals surface area contributed by atoms with Crippen LogP contribution in [0.25, 0.3) is 6.08 Å². The molecular weight excluding hydrogens is 445 g/mol. The first kappa shape index (κ1) is 23.3. The van der Waals surface area contributed by atoms with Gasteiger partial charge in [-0.05, 0) is 61.2 Å². The highest BCUT2D eigenvalue weighted by molar-refractivity contribution is 5.88. The predicted octanol–water partition coefficient (Wildman–Crippen LogP) is 6.31. The molecule has 34 heavy (non-hydrogen) atoms. The van der Waals surface area contributed by atoms with E-state index in [2.05, 4.69) is 15.3 Å². The number of nitrogens with one attached hydrogen (secondary N) is 1. The number of rotatable bonds is 4. The van der Waals surface area contributed by atoms with Gasteiger partial charge in [0.1, 0.15) is 11.6 Å². The van der Waals surface area contributed by atoms with Crippen LogP contribution < -0.4 is 10.1 Å². The first-order chi connectivity index (χ1) is 16.3. The monoisotopic (exact) mass is 468 g/mol. The molecule has 1 aliphatic heterocycles. The molecule has 0 radical (unpaired) electrons. The number of piperidine rings is 1. The highest BCUT2D eigenvalue weighted by atomic mass is 19.4. The lowest BCUT2D eigenvalue weighted by atomic mass is 10.0. The van der Waals surface area contributed by atoms with Crippen LogP contribution in [0.2, 0.25) is 0 Å². The van der Waals surface area contributed by atoms with Crippen molar-refractivity contribution in [3.8, 4) is 11.6 Å². The Bertz CT molecular complexity index is 1180. The molecule has 0 atom stereocenters. The summed E-state index contributed by atoms with van der Waals surface area (Å²) >= 11 is 0. The Morgan fingerprint density at radius 3 is 2.56 bits per heavy atom. The van der Waals surface area contributed by atoms with Gasteiger partial charge in [0, 0.05) is 31.5 Å². The van der Waals surface area contributed by atoms with Gasteiger partial charge in [-0.25, -0.2) is 14.8 Å². The van der Waals surface area contributed by atoms with Gasteiger partial charge in [0.05, 0.1) is 5.56 Å². The van der Waals surface area contributed by atoms with Crippen molar-refractivity contribution >= 4 is 17.9 Å². The lowest BCUT2D eigenvalue weighted by Gasteiger charge is -2.28. The standard InChI is InChI=1S/C25H23F3N4O2/c1-17-7-10-29-22(13-17)31-24(33)32-11-8-18(9-12-32)14-19-3-2-4-21(15-19)34-23-6-5-20(16-30-23)25(26,27)28/h2-7,10,13-16H,8-9,11-12H2,1H3,(H,29,31,33). The second-order valence-electron chi connectivity index (χ2n) is 8.00. The third-order valence-corrected chi connectivity index (χ3v) is 5.36. The van der Waals surface area contributed by atoms with Crippen molar-refractivity contribution in [2.75, 3.05) is 18.4 Å². The third kappa shape index (κ3) is 6.12. The number of halogens is 3. The van der Waals surface area contributed by atoms with Gasteiger partial charge in [-0.1, -0.05) is 23.8 Å². The van der Waals surface area contributed by atoms with Crippen molar-refractivity contribution in [2.45, 2.75) is 25.9 Å².